The second-order valence-electron chi connectivity index (χ2n) is 16.3. The van der Waals surface area contributed by atoms with E-state index in [0.29, 0.717) is 19.3 Å². The standard InChI is InChI=1S/C48H85NO7/c1-6-8-10-12-14-16-18-20-22-23-25-27-29-31-33-35-37-39-47(51)56-44(42-54-41-40-45(48(52)53)49(3,4)5)43-55-46(50)38-36-34-32-30-28-26-24-21-19-17-15-13-11-9-7-2/h14-17,20-22,24,44-45H,6-13,18-19,23,25-43H2,1-5H3/p+1/b16-14-,17-15-,22-20-,24-21-. The van der Waals surface area contributed by atoms with E-state index in [1.807, 2.05) is 21.1 Å². The molecule has 8 nitrogen and oxygen atoms in total. The summed E-state index contributed by atoms with van der Waals surface area (Å²) in [6, 6.07) is -0.619. The first-order chi connectivity index (χ1) is 27.1. The Bertz CT molecular complexity index is 1060. The minimum absolute atomic E-state index is 0.0527. The lowest BCUT2D eigenvalue weighted by molar-refractivity contribution is -0.887. The fourth-order valence-electron chi connectivity index (χ4n) is 6.39. The van der Waals surface area contributed by atoms with Crippen LogP contribution in [-0.2, 0) is 28.6 Å². The van der Waals surface area contributed by atoms with E-state index in [2.05, 4.69) is 62.5 Å². The highest BCUT2D eigenvalue weighted by Gasteiger charge is 2.31. The maximum absolute atomic E-state index is 12.7. The highest BCUT2D eigenvalue weighted by molar-refractivity contribution is 5.72. The van der Waals surface area contributed by atoms with Gasteiger partial charge in [0, 0.05) is 19.3 Å². The van der Waals surface area contributed by atoms with E-state index < -0.39 is 18.1 Å². The Morgan fingerprint density at radius 2 is 0.946 bits per heavy atom. The summed E-state index contributed by atoms with van der Waals surface area (Å²) >= 11 is 0. The lowest BCUT2D eigenvalue weighted by atomic mass is 10.1. The van der Waals surface area contributed by atoms with Gasteiger partial charge >= 0.3 is 17.9 Å². The first-order valence-electron chi connectivity index (χ1n) is 22.7. The Hall–Kier alpha value is -2.71. The number of rotatable bonds is 40. The number of carbonyl (C=O) groups is 3. The number of quaternary nitrogens is 1. The number of unbranched alkanes of at least 4 members (excludes halogenated alkanes) is 18. The molecule has 324 valence electrons. The van der Waals surface area contributed by atoms with Gasteiger partial charge in [-0.05, 0) is 77.0 Å². The van der Waals surface area contributed by atoms with Crippen LogP contribution in [0.4, 0.5) is 0 Å². The molecule has 0 aromatic rings. The van der Waals surface area contributed by atoms with Crippen molar-refractivity contribution in [1.82, 2.24) is 0 Å². The first-order valence-corrected chi connectivity index (χ1v) is 22.7. The van der Waals surface area contributed by atoms with E-state index in [-0.39, 0.29) is 36.2 Å². The Labute approximate surface area is 344 Å². The molecule has 0 aliphatic heterocycles. The number of esters is 2. The molecule has 0 spiro atoms. The molecule has 2 atom stereocenters. The third kappa shape index (κ3) is 36.9. The molecule has 0 radical (unpaired) electrons. The van der Waals surface area contributed by atoms with Gasteiger partial charge in [-0.15, -0.1) is 0 Å². The SMILES string of the molecule is CCCCC/C=C\C/C=C\CCCCCCCCCC(=O)OC(COCCC(C(=O)O)[N+](C)(C)C)COC(=O)CCCCCCC/C=C\C/C=C\CCCCC. The fraction of sp³-hybridized carbons (Fsp3) is 0.771. The van der Waals surface area contributed by atoms with E-state index in [0.717, 1.165) is 77.0 Å². The van der Waals surface area contributed by atoms with Gasteiger partial charge in [-0.2, -0.15) is 0 Å². The van der Waals surface area contributed by atoms with E-state index >= 15 is 0 Å². The second-order valence-corrected chi connectivity index (χ2v) is 16.3. The summed E-state index contributed by atoms with van der Waals surface area (Å²) in [6.45, 7) is 4.66. The molecule has 0 aliphatic carbocycles. The van der Waals surface area contributed by atoms with Crippen molar-refractivity contribution in [2.75, 3.05) is 41.0 Å². The summed E-state index contributed by atoms with van der Waals surface area (Å²) in [5.41, 5.74) is 0. The van der Waals surface area contributed by atoms with E-state index in [9.17, 15) is 19.5 Å². The summed E-state index contributed by atoms with van der Waals surface area (Å²) < 4.78 is 17.3. The van der Waals surface area contributed by atoms with Gasteiger partial charge in [-0.1, -0.05) is 140 Å². The van der Waals surface area contributed by atoms with E-state index in [4.69, 9.17) is 14.2 Å². The zero-order chi connectivity index (χ0) is 41.4. The topological polar surface area (TPSA) is 99.1 Å². The number of allylic oxidation sites excluding steroid dienone is 8. The van der Waals surface area contributed by atoms with Gasteiger partial charge < -0.3 is 23.8 Å². The quantitative estimate of drug-likeness (QED) is 0.0286. The smallest absolute Gasteiger partial charge is 0.362 e. The molecule has 0 fully saturated rings. The van der Waals surface area contributed by atoms with Crippen LogP contribution in [0.2, 0.25) is 0 Å². The van der Waals surface area contributed by atoms with Gasteiger partial charge in [0.15, 0.2) is 12.1 Å². The van der Waals surface area contributed by atoms with E-state index in [1.54, 1.807) is 0 Å². The van der Waals surface area contributed by atoms with Crippen molar-refractivity contribution in [3.8, 4) is 0 Å². The minimum atomic E-state index is -0.879. The van der Waals surface area contributed by atoms with Crippen LogP contribution >= 0.6 is 0 Å². The molecule has 0 bridgehead atoms. The average molecular weight is 789 g/mol. The molecule has 2 unspecified atom stereocenters. The lowest BCUT2D eigenvalue weighted by Crippen LogP contribution is -2.50. The zero-order valence-electron chi connectivity index (χ0n) is 36.8. The number of hydrogen-bond donors (Lipinski definition) is 1. The molecule has 0 aromatic carbocycles. The highest BCUT2D eigenvalue weighted by atomic mass is 16.6. The highest BCUT2D eigenvalue weighted by Crippen LogP contribution is 2.14. The van der Waals surface area contributed by atoms with Crippen LogP contribution in [0.3, 0.4) is 0 Å². The molecule has 0 saturated heterocycles. The Morgan fingerprint density at radius 1 is 0.536 bits per heavy atom. The lowest BCUT2D eigenvalue weighted by Gasteiger charge is -2.31. The van der Waals surface area contributed by atoms with Crippen molar-refractivity contribution in [2.24, 2.45) is 0 Å². The average Bonchev–Trinajstić information content (AvgIpc) is 3.15. The third-order valence-electron chi connectivity index (χ3n) is 9.95. The normalized spacial score (nSPS) is 13.4. The van der Waals surface area contributed by atoms with Crippen molar-refractivity contribution >= 4 is 17.9 Å². The molecular weight excluding hydrogens is 703 g/mol. The predicted molar refractivity (Wildman–Crippen MR) is 234 cm³/mol. The van der Waals surface area contributed by atoms with Gasteiger partial charge in [-0.25, -0.2) is 4.79 Å². The van der Waals surface area contributed by atoms with Crippen LogP contribution in [0.1, 0.15) is 187 Å². The molecule has 1 N–H and O–H groups in total. The number of carboxylic acids is 1. The zero-order valence-corrected chi connectivity index (χ0v) is 36.8. The summed E-state index contributed by atoms with van der Waals surface area (Å²) in [5.74, 6) is -1.50. The summed E-state index contributed by atoms with van der Waals surface area (Å²) in [4.78, 5) is 37.0. The van der Waals surface area contributed by atoms with Gasteiger partial charge in [0.2, 0.25) is 0 Å². The number of nitrogens with zero attached hydrogens (tertiary/aromatic N) is 1. The summed E-state index contributed by atoms with van der Waals surface area (Å²) in [6.07, 6.45) is 45.7. The Morgan fingerprint density at radius 3 is 1.38 bits per heavy atom. The maximum Gasteiger partial charge on any atom is 0.362 e. The number of ether oxygens (including phenoxy) is 3. The van der Waals surface area contributed by atoms with Crippen LogP contribution in [0.15, 0.2) is 48.6 Å². The van der Waals surface area contributed by atoms with Crippen LogP contribution in [0.5, 0.6) is 0 Å². The van der Waals surface area contributed by atoms with Gasteiger partial charge in [0.25, 0.3) is 0 Å². The molecule has 0 rings (SSSR count). The monoisotopic (exact) mass is 789 g/mol. The maximum atomic E-state index is 12.7. The largest absolute Gasteiger partial charge is 0.477 e. The van der Waals surface area contributed by atoms with Crippen molar-refractivity contribution < 1.29 is 38.2 Å². The molecule has 0 amide bonds. The predicted octanol–water partition coefficient (Wildman–Crippen LogP) is 12.4. The third-order valence-corrected chi connectivity index (χ3v) is 9.95. The molecule has 0 heterocycles. The van der Waals surface area contributed by atoms with Gasteiger partial charge in [0.05, 0.1) is 34.4 Å². The van der Waals surface area contributed by atoms with Crippen LogP contribution in [-0.4, -0.2) is 80.6 Å². The second kappa shape index (κ2) is 39.1. The summed E-state index contributed by atoms with van der Waals surface area (Å²) in [5, 5.41) is 9.62. The molecule has 0 aliphatic rings. The number of likely N-dealkylation sites (N-methyl/N-ethyl adjacent to an activating group) is 1. The van der Waals surface area contributed by atoms with Crippen LogP contribution in [0.25, 0.3) is 0 Å². The minimum Gasteiger partial charge on any atom is -0.477 e. The molecule has 8 heteroatoms. The van der Waals surface area contributed by atoms with Crippen molar-refractivity contribution in [1.29, 1.82) is 0 Å². The number of aliphatic carboxylic acids is 1. The van der Waals surface area contributed by atoms with Crippen LogP contribution in [0, 0.1) is 0 Å². The van der Waals surface area contributed by atoms with Gasteiger partial charge in [0.1, 0.15) is 6.61 Å². The van der Waals surface area contributed by atoms with Gasteiger partial charge in [-0.3, -0.25) is 9.59 Å². The molecule has 0 aromatic heterocycles. The number of carbonyl (C=O) groups excluding carboxylic acids is 2. The number of carboxylic acid groups (broad SMARTS) is 1. The van der Waals surface area contributed by atoms with Crippen molar-refractivity contribution in [3.63, 3.8) is 0 Å². The molecule has 0 saturated carbocycles. The number of hydrogen-bond acceptors (Lipinski definition) is 6. The fourth-order valence-corrected chi connectivity index (χ4v) is 6.39. The van der Waals surface area contributed by atoms with Crippen molar-refractivity contribution in [3.05, 3.63) is 48.6 Å². The first kappa shape index (κ1) is 53.3. The van der Waals surface area contributed by atoms with E-state index in [1.165, 1.54) is 77.0 Å². The summed E-state index contributed by atoms with van der Waals surface area (Å²) in [7, 11) is 5.52. The van der Waals surface area contributed by atoms with Crippen molar-refractivity contribution in [2.45, 2.75) is 199 Å². The van der Waals surface area contributed by atoms with Crippen LogP contribution < -0.4 is 0 Å². The Kier molecular flexibility index (Phi) is 37.2. The molecule has 56 heavy (non-hydrogen) atoms. The Balaban J connectivity index is 4.37. The molecular formula is C48H86NO7+.